The lowest BCUT2D eigenvalue weighted by molar-refractivity contribution is -0.120. The van der Waals surface area contributed by atoms with E-state index >= 15 is 0 Å². The summed E-state index contributed by atoms with van der Waals surface area (Å²) in [6.07, 6.45) is 8.03. The molecule has 6 rings (SSSR count). The average Bonchev–Trinajstić information content (AvgIpc) is 2.98. The molecule has 3 aliphatic heterocycles. The second-order valence-corrected chi connectivity index (χ2v) is 14.6. The zero-order chi connectivity index (χ0) is 32.1. The van der Waals surface area contributed by atoms with Gasteiger partial charge in [-0.1, -0.05) is 30.7 Å². The van der Waals surface area contributed by atoms with Gasteiger partial charge in [-0.05, 0) is 79.2 Å². The topological polar surface area (TPSA) is 117 Å². The Balaban J connectivity index is 0.000000985. The highest BCUT2D eigenvalue weighted by Gasteiger charge is 2.33. The Hall–Kier alpha value is -3.26. The van der Waals surface area contributed by atoms with Gasteiger partial charge in [-0.3, -0.25) is 9.59 Å². The van der Waals surface area contributed by atoms with Crippen LogP contribution in [-0.2, 0) is 33.3 Å². The van der Waals surface area contributed by atoms with Crippen molar-refractivity contribution in [1.82, 2.24) is 20.6 Å². The molecule has 0 spiro atoms. The molecule has 46 heavy (non-hydrogen) atoms. The minimum Gasteiger partial charge on any atom is -0.371 e. The van der Waals surface area contributed by atoms with E-state index in [4.69, 9.17) is 0 Å². The van der Waals surface area contributed by atoms with Crippen LogP contribution in [0, 0.1) is 5.92 Å². The largest absolute Gasteiger partial charge is 0.371 e. The third kappa shape index (κ3) is 9.87. The van der Waals surface area contributed by atoms with Crippen molar-refractivity contribution >= 4 is 59.3 Å². The van der Waals surface area contributed by atoms with E-state index in [0.717, 1.165) is 55.9 Å². The summed E-state index contributed by atoms with van der Waals surface area (Å²) in [7, 11) is -0.324. The van der Waals surface area contributed by atoms with Gasteiger partial charge in [-0.25, -0.2) is 0 Å². The molecule has 248 valence electrons. The van der Waals surface area contributed by atoms with Gasteiger partial charge in [0.15, 0.2) is 0 Å². The summed E-state index contributed by atoms with van der Waals surface area (Å²) in [4.78, 5) is 29.9. The molecule has 3 atom stereocenters. The van der Waals surface area contributed by atoms with Crippen molar-refractivity contribution in [3.63, 3.8) is 0 Å². The van der Waals surface area contributed by atoms with Gasteiger partial charge in [-0.15, -0.1) is 21.8 Å². The molecule has 0 radical (unpaired) electrons. The molecule has 2 saturated heterocycles. The third-order valence-electron chi connectivity index (χ3n) is 8.77. The summed E-state index contributed by atoms with van der Waals surface area (Å²) in [6, 6.07) is 17.2. The van der Waals surface area contributed by atoms with Crippen LogP contribution in [0.3, 0.4) is 0 Å². The third-order valence-corrected chi connectivity index (χ3v) is 11.4. The van der Waals surface area contributed by atoms with E-state index in [1.165, 1.54) is 37.1 Å². The fourth-order valence-electron chi connectivity index (χ4n) is 6.00. The van der Waals surface area contributed by atoms with Gasteiger partial charge in [0.2, 0.25) is 11.8 Å². The fraction of sp³-hybridized carbons (Fsp3) is 0.515. The molecule has 0 aromatic heterocycles. The molecule has 13 heteroatoms. The summed E-state index contributed by atoms with van der Waals surface area (Å²) in [6.45, 7) is 10.4. The zero-order valence-corrected chi connectivity index (χ0v) is 28.2. The van der Waals surface area contributed by atoms with E-state index < -0.39 is 0 Å². The average molecular weight is 666 g/mol. The van der Waals surface area contributed by atoms with Crippen molar-refractivity contribution < 1.29 is 9.59 Å². The van der Waals surface area contributed by atoms with Gasteiger partial charge in [0.05, 0.1) is 24.6 Å². The Kier molecular flexibility index (Phi) is 13.0. The van der Waals surface area contributed by atoms with Crippen LogP contribution in [-0.4, -0.2) is 79.4 Å². The van der Waals surface area contributed by atoms with Gasteiger partial charge in [-0.2, -0.15) is 14.6 Å². The molecular weight excluding hydrogens is 619 g/mol. The quantitative estimate of drug-likeness (QED) is 0.121. The first-order valence-electron chi connectivity index (χ1n) is 16.2. The van der Waals surface area contributed by atoms with Crippen molar-refractivity contribution in [3.05, 3.63) is 59.7 Å². The number of amides is 2. The number of thioether (sulfide) groups is 1. The van der Waals surface area contributed by atoms with Crippen LogP contribution in [0.1, 0.15) is 49.7 Å². The number of rotatable bonds is 14. The molecule has 1 saturated carbocycles. The van der Waals surface area contributed by atoms with E-state index in [9.17, 15) is 9.59 Å². The maximum Gasteiger partial charge on any atom is 0.225 e. The number of anilines is 2. The first-order valence-corrected chi connectivity index (χ1v) is 18.7. The number of hydrogen-bond donors (Lipinski definition) is 3. The van der Waals surface area contributed by atoms with Gasteiger partial charge < -0.3 is 20.4 Å². The predicted molar refractivity (Wildman–Crippen MR) is 192 cm³/mol. The van der Waals surface area contributed by atoms with Crippen LogP contribution in [0.2, 0.25) is 0 Å². The number of carbonyl (C=O) groups excluding carboxylic acids is 2. The lowest BCUT2D eigenvalue weighted by Gasteiger charge is -2.41. The molecule has 3 heterocycles. The monoisotopic (exact) mass is 665 g/mol. The minimum absolute atomic E-state index is 0.0501. The summed E-state index contributed by atoms with van der Waals surface area (Å²) >= 11 is 1.82. The van der Waals surface area contributed by atoms with E-state index in [0.29, 0.717) is 36.6 Å². The Morgan fingerprint density at radius 3 is 2.02 bits per heavy atom. The SMILES string of the molecule is C=NN=C.O=C(Cc1cccc(N2CCC2)c1)NCSCC1CCC[C@H](N2NN=S2CNC(=O)Cc2cccc(N3CCC3)c2)C1. The number of nitrogens with zero attached hydrogens (tertiary/aromatic N) is 6. The van der Waals surface area contributed by atoms with Crippen molar-refractivity contribution in [3.8, 4) is 0 Å². The van der Waals surface area contributed by atoms with Crippen LogP contribution in [0.4, 0.5) is 11.4 Å². The molecule has 3 N–H and O–H groups in total. The molecule has 2 amide bonds. The van der Waals surface area contributed by atoms with E-state index in [1.807, 2.05) is 30.0 Å². The smallest absolute Gasteiger partial charge is 0.225 e. The van der Waals surface area contributed by atoms with Crippen LogP contribution < -0.4 is 26.0 Å². The lowest BCUT2D eigenvalue weighted by Crippen LogP contribution is -2.55. The summed E-state index contributed by atoms with van der Waals surface area (Å²) in [5.74, 6) is 3.02. The first-order chi connectivity index (χ1) is 22.5. The van der Waals surface area contributed by atoms with Crippen LogP contribution in [0.25, 0.3) is 0 Å². The van der Waals surface area contributed by atoms with Gasteiger partial charge in [0.25, 0.3) is 0 Å². The molecular formula is C33H47N9O2S2. The lowest BCUT2D eigenvalue weighted by atomic mass is 9.87. The zero-order valence-electron chi connectivity index (χ0n) is 26.6. The standard InChI is InChI=1S/C31H43N7O2S2.C2H4N2/c39-30(19-24-6-1-9-27(16-24)36-12-4-13-36)32-22-41-21-26-8-3-11-29(18-26)38-34-35-42(38)23-33-31(40)20-25-7-2-10-28(17-25)37-14-5-15-37;1-3-4-2/h1-2,6-7,9-10,16-17,26,29,34H,3-5,8,11-15,18-23H2,(H,32,39)(H,33,40);1-2H2/t26?,29-,42?;/m0./s1. The molecule has 4 aliphatic rings. The second kappa shape index (κ2) is 17.6. The molecule has 2 unspecified atom stereocenters. The molecule has 0 bridgehead atoms. The van der Waals surface area contributed by atoms with Crippen molar-refractivity contribution in [2.24, 2.45) is 20.6 Å². The molecule has 11 nitrogen and oxygen atoms in total. The van der Waals surface area contributed by atoms with E-state index in [-0.39, 0.29) is 22.7 Å². The molecule has 3 fully saturated rings. The summed E-state index contributed by atoms with van der Waals surface area (Å²) in [5.41, 5.74) is 7.74. The number of hydrogen-bond acceptors (Lipinski definition) is 10. The number of nitrogens with one attached hydrogen (secondary N) is 3. The summed E-state index contributed by atoms with van der Waals surface area (Å²) in [5, 5.41) is 12.2. The molecule has 2 aromatic rings. The van der Waals surface area contributed by atoms with Crippen molar-refractivity contribution in [2.45, 2.75) is 57.4 Å². The number of hydrazine groups is 1. The van der Waals surface area contributed by atoms with Crippen LogP contribution >= 0.6 is 11.8 Å². The summed E-state index contributed by atoms with van der Waals surface area (Å²) < 4.78 is 6.73. The number of carbonyl (C=O) groups is 2. The minimum atomic E-state index is -0.324. The Morgan fingerprint density at radius 1 is 0.891 bits per heavy atom. The maximum atomic E-state index is 12.7. The molecule has 1 aliphatic carbocycles. The van der Waals surface area contributed by atoms with Crippen LogP contribution in [0.5, 0.6) is 0 Å². The maximum absolute atomic E-state index is 12.7. The normalized spacial score (nSPS) is 22.0. The predicted octanol–water partition coefficient (Wildman–Crippen LogP) is 4.09. The van der Waals surface area contributed by atoms with Gasteiger partial charge in [0, 0.05) is 67.9 Å². The van der Waals surface area contributed by atoms with Crippen LogP contribution in [0.15, 0.2) is 63.2 Å². The van der Waals surface area contributed by atoms with Crippen molar-refractivity contribution in [1.29, 1.82) is 0 Å². The van der Waals surface area contributed by atoms with E-state index in [1.54, 1.807) is 0 Å². The Bertz CT molecular complexity index is 1380. The molecule has 2 aromatic carbocycles. The Labute approximate surface area is 279 Å². The van der Waals surface area contributed by atoms with Gasteiger partial charge in [0.1, 0.15) is 0 Å². The second-order valence-electron chi connectivity index (χ2n) is 12.1. The Morgan fingerprint density at radius 2 is 1.50 bits per heavy atom. The highest BCUT2D eigenvalue weighted by Crippen LogP contribution is 2.31. The highest BCUT2D eigenvalue weighted by atomic mass is 32.2. The highest BCUT2D eigenvalue weighted by molar-refractivity contribution is 7.99. The fourth-order valence-corrected chi connectivity index (χ4v) is 8.34. The van der Waals surface area contributed by atoms with Crippen molar-refractivity contribution in [2.75, 3.05) is 53.5 Å². The van der Waals surface area contributed by atoms with E-state index in [2.05, 4.69) is 88.8 Å². The number of benzene rings is 2. The van der Waals surface area contributed by atoms with Gasteiger partial charge >= 0.3 is 0 Å². The first kappa shape index (κ1) is 34.1.